The van der Waals surface area contributed by atoms with Crippen molar-refractivity contribution in [2.75, 3.05) is 0 Å². The highest BCUT2D eigenvalue weighted by atomic mass is 16.3. The number of hydrogen-bond acceptors (Lipinski definition) is 2. The Morgan fingerprint density at radius 3 is 2.41 bits per heavy atom. The second kappa shape index (κ2) is 4.09. The second-order valence-electron chi connectivity index (χ2n) is 4.32. The van der Waals surface area contributed by atoms with Crippen LogP contribution in [0.25, 0.3) is 0 Å². The quantitative estimate of drug-likeness (QED) is 0.854. The van der Waals surface area contributed by atoms with Gasteiger partial charge in [-0.25, -0.2) is 0 Å². The molecule has 0 radical (unpaired) electrons. The van der Waals surface area contributed by atoms with Gasteiger partial charge < -0.3 is 9.73 Å². The molecule has 0 bridgehead atoms. The fourth-order valence-corrected chi connectivity index (χ4v) is 2.33. The van der Waals surface area contributed by atoms with E-state index >= 15 is 0 Å². The van der Waals surface area contributed by atoms with Crippen molar-refractivity contribution in [3.63, 3.8) is 0 Å². The molecule has 1 aliphatic rings. The van der Waals surface area contributed by atoms with Gasteiger partial charge in [0, 0.05) is 6.04 Å². The summed E-state index contributed by atoms with van der Waals surface area (Å²) in [5.74, 6) is 0.244. The van der Waals surface area contributed by atoms with Gasteiger partial charge >= 0.3 is 0 Å². The molecule has 1 heterocycles. The average molecular weight is 227 g/mol. The second-order valence-corrected chi connectivity index (χ2v) is 4.32. The van der Waals surface area contributed by atoms with E-state index in [0.717, 1.165) is 12.8 Å². The molecule has 0 saturated heterocycles. The Labute approximate surface area is 99.4 Å². The Bertz CT molecular complexity index is 506. The number of rotatable bonds is 2. The summed E-state index contributed by atoms with van der Waals surface area (Å²) < 4.78 is 5.07. The number of fused-ring (bicyclic) bond motifs is 1. The Morgan fingerprint density at radius 1 is 1.12 bits per heavy atom. The summed E-state index contributed by atoms with van der Waals surface area (Å²) in [5.41, 5.74) is 2.66. The van der Waals surface area contributed by atoms with E-state index in [1.807, 2.05) is 12.1 Å². The molecule has 1 aromatic heterocycles. The molecule has 0 aliphatic heterocycles. The van der Waals surface area contributed by atoms with Crippen LogP contribution in [0.2, 0.25) is 0 Å². The van der Waals surface area contributed by atoms with E-state index < -0.39 is 0 Å². The van der Waals surface area contributed by atoms with E-state index in [0.29, 0.717) is 5.76 Å². The number of benzene rings is 1. The van der Waals surface area contributed by atoms with Crippen LogP contribution in [0.4, 0.5) is 0 Å². The molecule has 1 amide bonds. The molecule has 3 rings (SSSR count). The van der Waals surface area contributed by atoms with Crippen LogP contribution in [0.3, 0.4) is 0 Å². The molecule has 0 saturated carbocycles. The highest BCUT2D eigenvalue weighted by Crippen LogP contribution is 2.21. The maximum atomic E-state index is 11.8. The van der Waals surface area contributed by atoms with Crippen LogP contribution in [0.1, 0.15) is 21.7 Å². The van der Waals surface area contributed by atoms with Crippen molar-refractivity contribution >= 4 is 5.91 Å². The molecule has 2 aromatic rings. The largest absolute Gasteiger partial charge is 0.459 e. The number of carbonyl (C=O) groups is 1. The van der Waals surface area contributed by atoms with E-state index in [1.165, 1.54) is 17.4 Å². The summed E-state index contributed by atoms with van der Waals surface area (Å²) in [4.78, 5) is 11.8. The summed E-state index contributed by atoms with van der Waals surface area (Å²) in [7, 11) is 0. The Morgan fingerprint density at radius 2 is 1.82 bits per heavy atom. The van der Waals surface area contributed by atoms with Crippen molar-refractivity contribution in [3.05, 3.63) is 59.5 Å². The Balaban J connectivity index is 1.68. The molecule has 1 aliphatic carbocycles. The monoisotopic (exact) mass is 227 g/mol. The molecule has 3 nitrogen and oxygen atoms in total. The van der Waals surface area contributed by atoms with Gasteiger partial charge in [0.1, 0.15) is 0 Å². The molecule has 17 heavy (non-hydrogen) atoms. The van der Waals surface area contributed by atoms with Crippen LogP contribution in [-0.2, 0) is 12.8 Å². The first kappa shape index (κ1) is 10.1. The van der Waals surface area contributed by atoms with Crippen LogP contribution < -0.4 is 5.32 Å². The molecule has 0 unspecified atom stereocenters. The smallest absolute Gasteiger partial charge is 0.287 e. The topological polar surface area (TPSA) is 42.2 Å². The Hall–Kier alpha value is -2.03. The SMILES string of the molecule is O=C(NC1Cc2ccccc2C1)c1ccco1. The van der Waals surface area contributed by atoms with E-state index in [9.17, 15) is 4.79 Å². The van der Waals surface area contributed by atoms with Crippen molar-refractivity contribution in [1.29, 1.82) is 0 Å². The predicted octanol–water partition coefficient (Wildman–Crippen LogP) is 2.18. The summed E-state index contributed by atoms with van der Waals surface area (Å²) in [6.07, 6.45) is 3.32. The lowest BCUT2D eigenvalue weighted by atomic mass is 10.1. The number of hydrogen-bond donors (Lipinski definition) is 1. The third-order valence-corrected chi connectivity index (χ3v) is 3.13. The van der Waals surface area contributed by atoms with Crippen molar-refractivity contribution in [2.24, 2.45) is 0 Å². The molecule has 1 aromatic carbocycles. The van der Waals surface area contributed by atoms with Gasteiger partial charge in [0.05, 0.1) is 6.26 Å². The predicted molar refractivity (Wildman–Crippen MR) is 63.8 cm³/mol. The van der Waals surface area contributed by atoms with Crippen LogP contribution >= 0.6 is 0 Å². The van der Waals surface area contributed by atoms with Crippen LogP contribution in [-0.4, -0.2) is 11.9 Å². The minimum absolute atomic E-state index is 0.132. The maximum Gasteiger partial charge on any atom is 0.287 e. The zero-order chi connectivity index (χ0) is 11.7. The van der Waals surface area contributed by atoms with Crippen molar-refractivity contribution < 1.29 is 9.21 Å². The van der Waals surface area contributed by atoms with Crippen molar-refractivity contribution in [2.45, 2.75) is 18.9 Å². The van der Waals surface area contributed by atoms with Crippen LogP contribution in [0.15, 0.2) is 47.1 Å². The van der Waals surface area contributed by atoms with Crippen molar-refractivity contribution in [1.82, 2.24) is 5.32 Å². The van der Waals surface area contributed by atoms with Gasteiger partial charge in [-0.15, -0.1) is 0 Å². The summed E-state index contributed by atoms with van der Waals surface area (Å²) in [5, 5.41) is 3.00. The molecule has 3 heteroatoms. The van der Waals surface area contributed by atoms with E-state index in [2.05, 4.69) is 17.4 Å². The fraction of sp³-hybridized carbons (Fsp3) is 0.214. The third kappa shape index (κ3) is 1.96. The van der Waals surface area contributed by atoms with Gasteiger partial charge in [-0.3, -0.25) is 4.79 Å². The summed E-state index contributed by atoms with van der Waals surface area (Å²) >= 11 is 0. The van der Waals surface area contributed by atoms with Crippen molar-refractivity contribution in [3.8, 4) is 0 Å². The first-order chi connectivity index (χ1) is 8.33. The molecular formula is C14H13NO2. The molecule has 0 spiro atoms. The lowest BCUT2D eigenvalue weighted by molar-refractivity contribution is 0.0910. The number of carbonyl (C=O) groups excluding carboxylic acids is 1. The van der Waals surface area contributed by atoms with Gasteiger partial charge in [0.25, 0.3) is 5.91 Å². The normalized spacial score (nSPS) is 14.6. The Kier molecular flexibility index (Phi) is 2.44. The fourth-order valence-electron chi connectivity index (χ4n) is 2.33. The molecule has 86 valence electrons. The van der Waals surface area contributed by atoms with Crippen LogP contribution in [0, 0.1) is 0 Å². The molecule has 0 atom stereocenters. The van der Waals surface area contributed by atoms with E-state index in [-0.39, 0.29) is 11.9 Å². The number of furan rings is 1. The third-order valence-electron chi connectivity index (χ3n) is 3.13. The standard InChI is InChI=1S/C14H13NO2/c16-14(13-6-3-7-17-13)15-12-8-10-4-1-2-5-11(10)9-12/h1-7,12H,8-9H2,(H,15,16). The number of amides is 1. The molecular weight excluding hydrogens is 214 g/mol. The molecule has 0 fully saturated rings. The highest BCUT2D eigenvalue weighted by molar-refractivity contribution is 5.91. The maximum absolute atomic E-state index is 11.8. The van der Waals surface area contributed by atoms with Crippen LogP contribution in [0.5, 0.6) is 0 Å². The first-order valence-corrected chi connectivity index (χ1v) is 5.74. The average Bonchev–Trinajstić information content (AvgIpc) is 2.97. The minimum Gasteiger partial charge on any atom is -0.459 e. The first-order valence-electron chi connectivity index (χ1n) is 5.74. The number of nitrogens with one attached hydrogen (secondary N) is 1. The van der Waals surface area contributed by atoms with Gasteiger partial charge in [-0.05, 0) is 36.1 Å². The van der Waals surface area contributed by atoms with Gasteiger partial charge in [-0.1, -0.05) is 24.3 Å². The minimum atomic E-state index is -0.132. The van der Waals surface area contributed by atoms with E-state index in [1.54, 1.807) is 12.1 Å². The zero-order valence-corrected chi connectivity index (χ0v) is 9.35. The van der Waals surface area contributed by atoms with Gasteiger partial charge in [0.2, 0.25) is 0 Å². The highest BCUT2D eigenvalue weighted by Gasteiger charge is 2.23. The van der Waals surface area contributed by atoms with Gasteiger partial charge in [-0.2, -0.15) is 0 Å². The zero-order valence-electron chi connectivity index (χ0n) is 9.35. The lowest BCUT2D eigenvalue weighted by Crippen LogP contribution is -2.35. The lowest BCUT2D eigenvalue weighted by Gasteiger charge is -2.10. The molecule has 1 N–H and O–H groups in total. The summed E-state index contributed by atoms with van der Waals surface area (Å²) in [6, 6.07) is 11.9. The van der Waals surface area contributed by atoms with Gasteiger partial charge in [0.15, 0.2) is 5.76 Å². The summed E-state index contributed by atoms with van der Waals surface area (Å²) in [6.45, 7) is 0. The van der Waals surface area contributed by atoms with E-state index in [4.69, 9.17) is 4.42 Å².